The van der Waals surface area contributed by atoms with Crippen LogP contribution >= 0.6 is 22.9 Å². The van der Waals surface area contributed by atoms with Gasteiger partial charge in [-0.25, -0.2) is 4.98 Å². The Morgan fingerprint density at radius 2 is 2.07 bits per heavy atom. The molecule has 4 rings (SSSR count). The zero-order valence-corrected chi connectivity index (χ0v) is 17.7. The monoisotopic (exact) mass is 402 g/mol. The van der Waals surface area contributed by atoms with Gasteiger partial charge in [-0.15, -0.1) is 22.9 Å². The highest BCUT2D eigenvalue weighted by Crippen LogP contribution is 2.39. The summed E-state index contributed by atoms with van der Waals surface area (Å²) in [5, 5.41) is 2.30. The molecule has 3 nitrogen and oxygen atoms in total. The first-order valence-corrected chi connectivity index (χ1v) is 11.3. The van der Waals surface area contributed by atoms with Crippen molar-refractivity contribution in [2.45, 2.75) is 57.9 Å². The Balaban J connectivity index is 1.82. The molecule has 1 aromatic carbocycles. The first-order chi connectivity index (χ1) is 13.2. The van der Waals surface area contributed by atoms with Crippen molar-refractivity contribution in [3.8, 4) is 16.3 Å². The lowest BCUT2D eigenvalue weighted by Gasteiger charge is -2.22. The van der Waals surface area contributed by atoms with Gasteiger partial charge in [0.1, 0.15) is 10.8 Å². The maximum absolute atomic E-state index is 6.13. The number of alkyl halides is 1. The molecule has 0 unspecified atom stereocenters. The van der Waals surface area contributed by atoms with Crippen molar-refractivity contribution in [3.05, 3.63) is 35.0 Å². The highest BCUT2D eigenvalue weighted by molar-refractivity contribution is 7.15. The van der Waals surface area contributed by atoms with E-state index in [9.17, 15) is 0 Å². The number of aryl methyl sites for hydroxylation is 1. The fourth-order valence-corrected chi connectivity index (χ4v) is 5.67. The zero-order valence-electron chi connectivity index (χ0n) is 16.1. The van der Waals surface area contributed by atoms with Gasteiger partial charge in [0.2, 0.25) is 0 Å². The molecule has 0 N–H and O–H groups in total. The molecule has 0 bridgehead atoms. The van der Waals surface area contributed by atoms with Gasteiger partial charge in [0.05, 0.1) is 24.2 Å². The van der Waals surface area contributed by atoms with Crippen molar-refractivity contribution in [3.63, 3.8) is 0 Å². The van der Waals surface area contributed by atoms with Gasteiger partial charge in [-0.2, -0.15) is 0 Å². The Hall–Kier alpha value is -1.52. The molecule has 27 heavy (non-hydrogen) atoms. The predicted octanol–water partition coefficient (Wildman–Crippen LogP) is 6.65. The van der Waals surface area contributed by atoms with Crippen molar-refractivity contribution >= 4 is 33.8 Å². The molecule has 2 aromatic heterocycles. The smallest absolute Gasteiger partial charge is 0.143 e. The molecule has 5 heteroatoms. The molecule has 1 saturated carbocycles. The highest BCUT2D eigenvalue weighted by Gasteiger charge is 2.21. The van der Waals surface area contributed by atoms with Crippen molar-refractivity contribution in [2.24, 2.45) is 5.92 Å². The molecular weight excluding hydrogens is 376 g/mol. The standard InChI is InChI=1S/C22H27ClN2OS/c1-3-20-18(12-23)24-22(27-20)17-14-25(13-15-8-5-4-6-9-15)21-16(17)10-7-11-19(21)26-2/h7,10-11,14-15H,3-6,8-9,12-13H2,1-2H3. The number of fused-ring (bicyclic) bond motifs is 1. The van der Waals surface area contributed by atoms with Crippen LogP contribution in [0.5, 0.6) is 5.75 Å². The van der Waals surface area contributed by atoms with Crippen LogP contribution in [0.25, 0.3) is 21.5 Å². The Labute approximate surface area is 170 Å². The minimum Gasteiger partial charge on any atom is -0.495 e. The van der Waals surface area contributed by atoms with Crippen LogP contribution in [0.1, 0.15) is 49.6 Å². The molecule has 1 aliphatic rings. The molecule has 0 atom stereocenters. The Morgan fingerprint density at radius 3 is 2.74 bits per heavy atom. The Morgan fingerprint density at radius 1 is 1.26 bits per heavy atom. The second kappa shape index (κ2) is 8.24. The third-order valence-electron chi connectivity index (χ3n) is 5.72. The summed E-state index contributed by atoms with van der Waals surface area (Å²) in [7, 11) is 1.76. The number of methoxy groups -OCH3 is 1. The molecule has 2 heterocycles. The number of hydrogen-bond donors (Lipinski definition) is 0. The van der Waals surface area contributed by atoms with Crippen LogP contribution in [0.2, 0.25) is 0 Å². The van der Waals surface area contributed by atoms with E-state index in [1.54, 1.807) is 18.4 Å². The number of hydrogen-bond acceptors (Lipinski definition) is 3. The van der Waals surface area contributed by atoms with Crippen LogP contribution in [0.15, 0.2) is 24.4 Å². The van der Waals surface area contributed by atoms with E-state index >= 15 is 0 Å². The van der Waals surface area contributed by atoms with E-state index < -0.39 is 0 Å². The number of ether oxygens (including phenoxy) is 1. The Kier molecular flexibility index (Phi) is 5.74. The number of nitrogens with zero attached hydrogens (tertiary/aromatic N) is 2. The first kappa shape index (κ1) is 18.8. The maximum atomic E-state index is 6.13. The predicted molar refractivity (Wildman–Crippen MR) is 115 cm³/mol. The lowest BCUT2D eigenvalue weighted by atomic mass is 9.89. The maximum Gasteiger partial charge on any atom is 0.143 e. The minimum atomic E-state index is 0.476. The largest absolute Gasteiger partial charge is 0.495 e. The molecule has 0 saturated heterocycles. The number of para-hydroxylation sites is 1. The van der Waals surface area contributed by atoms with Crippen molar-refractivity contribution in [2.75, 3.05) is 7.11 Å². The van der Waals surface area contributed by atoms with Gasteiger partial charge in [-0.05, 0) is 31.2 Å². The number of rotatable bonds is 6. The summed E-state index contributed by atoms with van der Waals surface area (Å²) in [6.07, 6.45) is 10.0. The van der Waals surface area contributed by atoms with Gasteiger partial charge in [0.15, 0.2) is 0 Å². The summed E-state index contributed by atoms with van der Waals surface area (Å²) in [6, 6.07) is 6.33. The fourth-order valence-electron chi connectivity index (χ4n) is 4.33. The number of aromatic nitrogens is 2. The van der Waals surface area contributed by atoms with E-state index in [0.717, 1.165) is 35.3 Å². The Bertz CT molecular complexity index is 902. The van der Waals surface area contributed by atoms with Crippen molar-refractivity contribution < 1.29 is 4.74 Å². The van der Waals surface area contributed by atoms with Gasteiger partial charge < -0.3 is 9.30 Å². The number of halogens is 1. The van der Waals surface area contributed by atoms with E-state index in [-0.39, 0.29) is 0 Å². The van der Waals surface area contributed by atoms with Gasteiger partial charge >= 0.3 is 0 Å². The van der Waals surface area contributed by atoms with Gasteiger partial charge in [0, 0.05) is 28.6 Å². The number of thiazole rings is 1. The molecule has 1 fully saturated rings. The third kappa shape index (κ3) is 3.62. The van der Waals surface area contributed by atoms with E-state index in [0.29, 0.717) is 5.88 Å². The average Bonchev–Trinajstić information content (AvgIpc) is 3.30. The topological polar surface area (TPSA) is 27.1 Å². The minimum absolute atomic E-state index is 0.476. The van der Waals surface area contributed by atoms with Crippen LogP contribution in [0.3, 0.4) is 0 Å². The second-order valence-electron chi connectivity index (χ2n) is 7.43. The zero-order chi connectivity index (χ0) is 18.8. The molecule has 0 amide bonds. The summed E-state index contributed by atoms with van der Waals surface area (Å²) in [4.78, 5) is 6.16. The van der Waals surface area contributed by atoms with Crippen LogP contribution in [-0.4, -0.2) is 16.7 Å². The highest BCUT2D eigenvalue weighted by atomic mass is 35.5. The van der Waals surface area contributed by atoms with E-state index in [1.807, 2.05) is 0 Å². The summed E-state index contributed by atoms with van der Waals surface area (Å²) in [5.74, 6) is 2.18. The summed E-state index contributed by atoms with van der Waals surface area (Å²) in [6.45, 7) is 3.23. The molecule has 0 aliphatic heterocycles. The second-order valence-corrected chi connectivity index (χ2v) is 8.78. The van der Waals surface area contributed by atoms with Crippen LogP contribution in [-0.2, 0) is 18.8 Å². The number of benzene rings is 1. The molecule has 144 valence electrons. The molecule has 3 aromatic rings. The van der Waals surface area contributed by atoms with Crippen molar-refractivity contribution in [1.29, 1.82) is 0 Å². The quantitative estimate of drug-likeness (QED) is 0.431. The first-order valence-electron chi connectivity index (χ1n) is 9.95. The molecule has 1 aliphatic carbocycles. The van der Waals surface area contributed by atoms with Crippen LogP contribution in [0.4, 0.5) is 0 Å². The third-order valence-corrected chi connectivity index (χ3v) is 7.25. The van der Waals surface area contributed by atoms with Crippen LogP contribution in [0, 0.1) is 5.92 Å². The molecule has 0 spiro atoms. The molecular formula is C22H27ClN2OS. The van der Waals surface area contributed by atoms with Gasteiger partial charge in [-0.1, -0.05) is 38.3 Å². The van der Waals surface area contributed by atoms with E-state index in [1.165, 1.54) is 53.4 Å². The van der Waals surface area contributed by atoms with Gasteiger partial charge in [-0.3, -0.25) is 0 Å². The SMILES string of the molecule is CCc1sc(-c2cn(CC3CCCCC3)c3c(OC)cccc23)nc1CCl. The lowest BCUT2D eigenvalue weighted by Crippen LogP contribution is -2.13. The summed E-state index contributed by atoms with van der Waals surface area (Å²) < 4.78 is 8.13. The average molecular weight is 403 g/mol. The van der Waals surface area contributed by atoms with Crippen LogP contribution < -0.4 is 4.74 Å². The van der Waals surface area contributed by atoms with E-state index in [2.05, 4.69) is 35.9 Å². The van der Waals surface area contributed by atoms with E-state index in [4.69, 9.17) is 21.3 Å². The lowest BCUT2D eigenvalue weighted by molar-refractivity contribution is 0.321. The van der Waals surface area contributed by atoms with Crippen molar-refractivity contribution in [1.82, 2.24) is 9.55 Å². The molecule has 0 radical (unpaired) electrons. The summed E-state index contributed by atoms with van der Waals surface area (Å²) in [5.41, 5.74) is 3.42. The normalized spacial score (nSPS) is 15.5. The summed E-state index contributed by atoms with van der Waals surface area (Å²) >= 11 is 7.91. The fraction of sp³-hybridized carbons (Fsp3) is 0.500. The van der Waals surface area contributed by atoms with Gasteiger partial charge in [0.25, 0.3) is 0 Å².